The molecule has 1 N–H and O–H groups in total. The van der Waals surface area contributed by atoms with Gasteiger partial charge in [0, 0.05) is 12.6 Å². The average Bonchev–Trinajstić information content (AvgIpc) is 2.88. The summed E-state index contributed by atoms with van der Waals surface area (Å²) in [5.41, 5.74) is 0. The van der Waals surface area contributed by atoms with E-state index < -0.39 is 0 Å². The lowest BCUT2D eigenvalue weighted by atomic mass is 10.1. The summed E-state index contributed by atoms with van der Waals surface area (Å²) < 4.78 is 0. The molecular formula is C11H22N6. The van der Waals surface area contributed by atoms with Gasteiger partial charge in [-0.2, -0.15) is 4.80 Å². The van der Waals surface area contributed by atoms with Gasteiger partial charge in [-0.25, -0.2) is 0 Å². The van der Waals surface area contributed by atoms with Crippen molar-refractivity contribution in [1.29, 1.82) is 0 Å². The van der Waals surface area contributed by atoms with Crippen molar-refractivity contribution in [2.24, 2.45) is 13.0 Å². The summed E-state index contributed by atoms with van der Waals surface area (Å²) in [5.74, 6) is 1.53. The van der Waals surface area contributed by atoms with E-state index in [4.69, 9.17) is 0 Å². The Morgan fingerprint density at radius 3 is 2.88 bits per heavy atom. The van der Waals surface area contributed by atoms with Crippen LogP contribution in [0.1, 0.15) is 26.1 Å². The molecule has 2 heterocycles. The van der Waals surface area contributed by atoms with Gasteiger partial charge in [-0.1, -0.05) is 0 Å². The summed E-state index contributed by atoms with van der Waals surface area (Å²) >= 11 is 0. The standard InChI is InChI=1S/C11H22N6/c1-9(2)17-5-4-10(8-17)6-12-7-11-13-15-16(3)14-11/h9-10,12H,4-8H2,1-3H3. The Hall–Kier alpha value is -1.01. The first-order chi connectivity index (χ1) is 8.15. The largest absolute Gasteiger partial charge is 0.309 e. The Bertz CT molecular complexity index is 347. The van der Waals surface area contributed by atoms with Gasteiger partial charge in [0.05, 0.1) is 13.6 Å². The quantitative estimate of drug-likeness (QED) is 0.784. The van der Waals surface area contributed by atoms with Gasteiger partial charge >= 0.3 is 0 Å². The van der Waals surface area contributed by atoms with E-state index in [9.17, 15) is 0 Å². The van der Waals surface area contributed by atoms with E-state index in [-0.39, 0.29) is 0 Å². The molecule has 0 bridgehead atoms. The molecule has 0 spiro atoms. The minimum absolute atomic E-state index is 0.668. The maximum Gasteiger partial charge on any atom is 0.188 e. The Balaban J connectivity index is 1.66. The molecule has 2 rings (SSSR count). The number of rotatable bonds is 5. The lowest BCUT2D eigenvalue weighted by Crippen LogP contribution is -2.30. The molecule has 6 heteroatoms. The van der Waals surface area contributed by atoms with E-state index in [2.05, 4.69) is 39.5 Å². The van der Waals surface area contributed by atoms with Gasteiger partial charge in [-0.15, -0.1) is 10.2 Å². The van der Waals surface area contributed by atoms with E-state index in [1.54, 1.807) is 7.05 Å². The Morgan fingerprint density at radius 1 is 1.47 bits per heavy atom. The van der Waals surface area contributed by atoms with Crippen LogP contribution in [-0.4, -0.2) is 50.8 Å². The van der Waals surface area contributed by atoms with Crippen molar-refractivity contribution in [3.8, 4) is 0 Å². The van der Waals surface area contributed by atoms with Gasteiger partial charge in [0.1, 0.15) is 0 Å². The summed E-state index contributed by atoms with van der Waals surface area (Å²) in [6.07, 6.45) is 1.29. The highest BCUT2D eigenvalue weighted by Crippen LogP contribution is 2.17. The Kier molecular flexibility index (Phi) is 4.06. The van der Waals surface area contributed by atoms with Gasteiger partial charge in [0.2, 0.25) is 0 Å². The zero-order valence-corrected chi connectivity index (χ0v) is 10.9. The molecule has 1 aromatic heterocycles. The van der Waals surface area contributed by atoms with Crippen molar-refractivity contribution in [3.63, 3.8) is 0 Å². The molecule has 6 nitrogen and oxygen atoms in total. The Labute approximate surface area is 102 Å². The normalized spacial score (nSPS) is 21.5. The molecule has 1 aliphatic rings. The van der Waals surface area contributed by atoms with Crippen molar-refractivity contribution < 1.29 is 0 Å². The van der Waals surface area contributed by atoms with Crippen LogP contribution in [0.25, 0.3) is 0 Å². The highest BCUT2D eigenvalue weighted by Gasteiger charge is 2.23. The molecule has 17 heavy (non-hydrogen) atoms. The minimum atomic E-state index is 0.668. The third-order valence-corrected chi connectivity index (χ3v) is 3.31. The number of nitrogens with zero attached hydrogens (tertiary/aromatic N) is 5. The SMILES string of the molecule is CC(C)N1CCC(CNCc2nnn(C)n2)C1. The highest BCUT2D eigenvalue weighted by molar-refractivity contribution is 4.81. The number of aryl methyl sites for hydroxylation is 1. The molecule has 96 valence electrons. The van der Waals surface area contributed by atoms with Crippen LogP contribution in [0.5, 0.6) is 0 Å². The predicted molar refractivity (Wildman–Crippen MR) is 65.3 cm³/mol. The molecule has 1 fully saturated rings. The average molecular weight is 238 g/mol. The smallest absolute Gasteiger partial charge is 0.188 e. The van der Waals surface area contributed by atoms with Crippen molar-refractivity contribution >= 4 is 0 Å². The fourth-order valence-electron chi connectivity index (χ4n) is 2.28. The molecule has 0 aromatic carbocycles. The molecule has 1 aromatic rings. The maximum atomic E-state index is 4.14. The zero-order chi connectivity index (χ0) is 12.3. The molecule has 1 aliphatic heterocycles. The van der Waals surface area contributed by atoms with E-state index in [0.29, 0.717) is 12.6 Å². The topological polar surface area (TPSA) is 58.9 Å². The lowest BCUT2D eigenvalue weighted by Gasteiger charge is -2.20. The first kappa shape index (κ1) is 12.4. The number of tetrazole rings is 1. The van der Waals surface area contributed by atoms with Gasteiger partial charge in [-0.3, -0.25) is 0 Å². The summed E-state index contributed by atoms with van der Waals surface area (Å²) in [5, 5.41) is 15.3. The van der Waals surface area contributed by atoms with Crippen molar-refractivity contribution in [1.82, 2.24) is 30.4 Å². The summed E-state index contributed by atoms with van der Waals surface area (Å²) in [6, 6.07) is 0.668. The molecule has 0 amide bonds. The third-order valence-electron chi connectivity index (χ3n) is 3.31. The summed E-state index contributed by atoms with van der Waals surface area (Å²) in [4.78, 5) is 4.03. The predicted octanol–water partition coefficient (Wildman–Crippen LogP) is 0.0300. The van der Waals surface area contributed by atoms with Gasteiger partial charge in [0.15, 0.2) is 5.82 Å². The second-order valence-corrected chi connectivity index (χ2v) is 5.07. The Morgan fingerprint density at radius 2 is 2.29 bits per heavy atom. The molecule has 1 saturated heterocycles. The molecule has 0 radical (unpaired) electrons. The van der Waals surface area contributed by atoms with Gasteiger partial charge < -0.3 is 10.2 Å². The first-order valence-electron chi connectivity index (χ1n) is 6.33. The monoisotopic (exact) mass is 238 g/mol. The highest BCUT2D eigenvalue weighted by atomic mass is 15.6. The van der Waals surface area contributed by atoms with Gasteiger partial charge in [-0.05, 0) is 44.5 Å². The van der Waals surface area contributed by atoms with Crippen molar-refractivity contribution in [2.45, 2.75) is 32.9 Å². The number of aromatic nitrogens is 4. The number of nitrogens with one attached hydrogen (secondary N) is 1. The van der Waals surface area contributed by atoms with Crippen LogP contribution in [0.4, 0.5) is 0 Å². The van der Waals surface area contributed by atoms with Crippen molar-refractivity contribution in [2.75, 3.05) is 19.6 Å². The number of likely N-dealkylation sites (tertiary alicyclic amines) is 1. The second kappa shape index (κ2) is 5.55. The first-order valence-corrected chi connectivity index (χ1v) is 6.33. The van der Waals surface area contributed by atoms with Crippen LogP contribution in [-0.2, 0) is 13.6 Å². The number of hydrogen-bond acceptors (Lipinski definition) is 5. The van der Waals surface area contributed by atoms with Crippen LogP contribution in [0.2, 0.25) is 0 Å². The van der Waals surface area contributed by atoms with Crippen LogP contribution >= 0.6 is 0 Å². The van der Waals surface area contributed by atoms with Crippen LogP contribution in [0.3, 0.4) is 0 Å². The second-order valence-electron chi connectivity index (χ2n) is 5.07. The molecule has 1 atom stereocenters. The van der Waals surface area contributed by atoms with Crippen LogP contribution in [0.15, 0.2) is 0 Å². The zero-order valence-electron chi connectivity index (χ0n) is 10.9. The number of hydrogen-bond donors (Lipinski definition) is 1. The fraction of sp³-hybridized carbons (Fsp3) is 0.909. The van der Waals surface area contributed by atoms with Gasteiger partial charge in [0.25, 0.3) is 0 Å². The molecule has 0 aliphatic carbocycles. The van der Waals surface area contributed by atoms with E-state index in [1.807, 2.05) is 0 Å². The maximum absolute atomic E-state index is 4.14. The fourth-order valence-corrected chi connectivity index (χ4v) is 2.28. The molecular weight excluding hydrogens is 216 g/mol. The van der Waals surface area contributed by atoms with E-state index in [0.717, 1.165) is 18.3 Å². The summed E-state index contributed by atoms with van der Waals surface area (Å²) in [7, 11) is 1.79. The molecule has 0 saturated carbocycles. The third kappa shape index (κ3) is 3.47. The van der Waals surface area contributed by atoms with Crippen LogP contribution in [0, 0.1) is 5.92 Å². The minimum Gasteiger partial charge on any atom is -0.309 e. The van der Waals surface area contributed by atoms with Crippen LogP contribution < -0.4 is 5.32 Å². The van der Waals surface area contributed by atoms with E-state index in [1.165, 1.54) is 24.3 Å². The molecule has 1 unspecified atom stereocenters. The lowest BCUT2D eigenvalue weighted by molar-refractivity contribution is 0.264. The van der Waals surface area contributed by atoms with E-state index >= 15 is 0 Å². The summed E-state index contributed by atoms with van der Waals surface area (Å²) in [6.45, 7) is 8.72. The van der Waals surface area contributed by atoms with Crippen molar-refractivity contribution in [3.05, 3.63) is 5.82 Å².